The molecule has 0 saturated carbocycles. The number of nitrogen functional groups attached to an aromatic ring is 1. The van der Waals surface area contributed by atoms with E-state index in [0.717, 1.165) is 0 Å². The van der Waals surface area contributed by atoms with Crippen molar-refractivity contribution in [1.82, 2.24) is 9.97 Å². The summed E-state index contributed by atoms with van der Waals surface area (Å²) in [6.07, 6.45) is -0.403. The highest BCUT2D eigenvalue weighted by atomic mass is 35.5. The Morgan fingerprint density at radius 2 is 2.20 bits per heavy atom. The number of nitrogens with zero attached hydrogens (tertiary/aromatic N) is 2. The van der Waals surface area contributed by atoms with E-state index in [2.05, 4.69) is 22.6 Å². The summed E-state index contributed by atoms with van der Waals surface area (Å²) in [5.74, 6) is 0.491. The number of thiol groups is 1. The zero-order valence-electron chi connectivity index (χ0n) is 7.84. The minimum Gasteiger partial charge on any atom is -0.390 e. The van der Waals surface area contributed by atoms with Crippen LogP contribution in [0.5, 0.6) is 0 Å². The van der Waals surface area contributed by atoms with E-state index in [9.17, 15) is 10.2 Å². The van der Waals surface area contributed by atoms with Gasteiger partial charge in [0, 0.05) is 11.8 Å². The molecule has 0 bridgehead atoms. The molecule has 2 unspecified atom stereocenters. The predicted molar refractivity (Wildman–Crippen MR) is 60.9 cm³/mol. The molecule has 0 aromatic carbocycles. The molecule has 0 aliphatic heterocycles. The van der Waals surface area contributed by atoms with Crippen LogP contribution in [-0.4, -0.2) is 32.0 Å². The van der Waals surface area contributed by atoms with E-state index in [0.29, 0.717) is 12.2 Å². The van der Waals surface area contributed by atoms with Crippen molar-refractivity contribution >= 4 is 30.2 Å². The molecule has 4 N–H and O–H groups in total. The molecule has 84 valence electrons. The molecule has 1 aromatic rings. The fraction of sp³-hybridized carbons (Fsp3) is 0.500. The van der Waals surface area contributed by atoms with Crippen LogP contribution in [0.2, 0.25) is 5.15 Å². The normalized spacial score (nSPS) is 14.9. The Labute approximate surface area is 97.7 Å². The lowest BCUT2D eigenvalue weighted by Crippen LogP contribution is -2.19. The van der Waals surface area contributed by atoms with Crippen LogP contribution in [-0.2, 0) is 0 Å². The highest BCUT2D eigenvalue weighted by Gasteiger charge is 2.21. The molecule has 1 aromatic heterocycles. The number of hydrogen-bond acceptors (Lipinski definition) is 6. The maximum absolute atomic E-state index is 9.70. The number of aliphatic hydroxyl groups excluding tert-OH is 2. The van der Waals surface area contributed by atoms with Crippen LogP contribution in [0.15, 0.2) is 6.20 Å². The van der Waals surface area contributed by atoms with Crippen LogP contribution in [0, 0.1) is 0 Å². The van der Waals surface area contributed by atoms with Gasteiger partial charge >= 0.3 is 0 Å². The van der Waals surface area contributed by atoms with Gasteiger partial charge in [-0.1, -0.05) is 11.6 Å². The second-order valence-corrected chi connectivity index (χ2v) is 3.80. The summed E-state index contributed by atoms with van der Waals surface area (Å²) in [5, 5.41) is 19.3. The number of aliphatic hydroxyl groups is 2. The molecule has 1 rings (SSSR count). The van der Waals surface area contributed by atoms with Gasteiger partial charge in [0.2, 0.25) is 5.95 Å². The van der Waals surface area contributed by atoms with E-state index in [-0.39, 0.29) is 16.7 Å². The second kappa shape index (κ2) is 5.50. The Morgan fingerprint density at radius 3 is 2.73 bits per heavy atom. The summed E-state index contributed by atoms with van der Waals surface area (Å²) in [7, 11) is 0. The predicted octanol–water partition coefficient (Wildman–Crippen LogP) is 0.426. The maximum Gasteiger partial charge on any atom is 0.221 e. The number of nitrogens with two attached hydrogens (primary N) is 1. The zero-order chi connectivity index (χ0) is 11.4. The molecule has 0 amide bonds. The molecule has 0 spiro atoms. The largest absolute Gasteiger partial charge is 0.390 e. The molecule has 5 nitrogen and oxygen atoms in total. The van der Waals surface area contributed by atoms with Crippen LogP contribution in [0.1, 0.15) is 18.1 Å². The van der Waals surface area contributed by atoms with Crippen molar-refractivity contribution in [3.63, 3.8) is 0 Å². The molecule has 15 heavy (non-hydrogen) atoms. The van der Waals surface area contributed by atoms with Crippen molar-refractivity contribution in [2.45, 2.75) is 18.6 Å². The summed E-state index contributed by atoms with van der Waals surface area (Å²) in [6.45, 7) is 0. The number of rotatable bonds is 4. The average molecular weight is 250 g/mol. The van der Waals surface area contributed by atoms with Crippen molar-refractivity contribution in [2.24, 2.45) is 0 Å². The summed E-state index contributed by atoms with van der Waals surface area (Å²) in [5.41, 5.74) is 5.56. The van der Waals surface area contributed by atoms with Crippen molar-refractivity contribution in [2.75, 3.05) is 11.5 Å². The van der Waals surface area contributed by atoms with Crippen molar-refractivity contribution in [3.05, 3.63) is 16.9 Å². The molecule has 0 fully saturated rings. The van der Waals surface area contributed by atoms with Gasteiger partial charge in [0.05, 0.1) is 6.10 Å². The van der Waals surface area contributed by atoms with E-state index in [1.54, 1.807) is 0 Å². The first-order valence-corrected chi connectivity index (χ1v) is 5.32. The number of hydrogen-bond donors (Lipinski definition) is 4. The minimum absolute atomic E-state index is 0.0274. The number of halogens is 1. The van der Waals surface area contributed by atoms with Crippen LogP contribution in [0.3, 0.4) is 0 Å². The van der Waals surface area contributed by atoms with E-state index in [4.69, 9.17) is 17.3 Å². The van der Waals surface area contributed by atoms with Gasteiger partial charge in [-0.25, -0.2) is 9.97 Å². The fourth-order valence-electron chi connectivity index (χ4n) is 1.08. The molecule has 0 saturated heterocycles. The van der Waals surface area contributed by atoms with Gasteiger partial charge in [-0.2, -0.15) is 12.6 Å². The lowest BCUT2D eigenvalue weighted by Gasteiger charge is -2.17. The lowest BCUT2D eigenvalue weighted by molar-refractivity contribution is 0.0169. The van der Waals surface area contributed by atoms with Gasteiger partial charge in [-0.05, 0) is 12.2 Å². The third-order valence-corrected chi connectivity index (χ3v) is 2.46. The average Bonchev–Trinajstić information content (AvgIpc) is 2.17. The summed E-state index contributed by atoms with van der Waals surface area (Å²) in [4.78, 5) is 7.37. The van der Waals surface area contributed by atoms with Gasteiger partial charge in [-0.3, -0.25) is 0 Å². The molecule has 0 radical (unpaired) electrons. The topological polar surface area (TPSA) is 92.3 Å². The van der Waals surface area contributed by atoms with Gasteiger partial charge in [0.1, 0.15) is 11.3 Å². The molecule has 0 aliphatic carbocycles. The Balaban J connectivity index is 2.86. The summed E-state index contributed by atoms with van der Waals surface area (Å²) < 4.78 is 0. The quantitative estimate of drug-likeness (QED) is 0.459. The monoisotopic (exact) mass is 249 g/mol. The van der Waals surface area contributed by atoms with E-state index in [1.165, 1.54) is 6.20 Å². The van der Waals surface area contributed by atoms with E-state index >= 15 is 0 Å². The second-order valence-electron chi connectivity index (χ2n) is 3.00. The molecular formula is C8H12ClN3O2S. The maximum atomic E-state index is 9.70. The highest BCUT2D eigenvalue weighted by molar-refractivity contribution is 7.80. The number of aromatic nitrogens is 2. The van der Waals surface area contributed by atoms with Crippen molar-refractivity contribution in [1.29, 1.82) is 0 Å². The third kappa shape index (κ3) is 3.20. The standard InChI is InChI=1S/C8H12ClN3O2S/c9-7-4(3-11-8(10)12-7)6(14)5(13)1-2-15/h3,5-6,13-15H,1-2H2,(H2,10,11,12). The van der Waals surface area contributed by atoms with Crippen LogP contribution >= 0.6 is 24.2 Å². The van der Waals surface area contributed by atoms with Crippen LogP contribution in [0.25, 0.3) is 0 Å². The highest BCUT2D eigenvalue weighted by Crippen LogP contribution is 2.24. The SMILES string of the molecule is Nc1ncc(C(O)C(O)CCS)c(Cl)n1. The molecule has 0 aliphatic rings. The Kier molecular flexibility index (Phi) is 4.59. The summed E-state index contributed by atoms with van der Waals surface area (Å²) in [6, 6.07) is 0. The Hall–Kier alpha value is -0.560. The molecule has 1 heterocycles. The van der Waals surface area contributed by atoms with Crippen molar-refractivity contribution < 1.29 is 10.2 Å². The Morgan fingerprint density at radius 1 is 1.53 bits per heavy atom. The van der Waals surface area contributed by atoms with E-state index in [1.807, 2.05) is 0 Å². The minimum atomic E-state index is -1.12. The van der Waals surface area contributed by atoms with E-state index < -0.39 is 12.2 Å². The van der Waals surface area contributed by atoms with Gasteiger partial charge in [-0.15, -0.1) is 0 Å². The van der Waals surface area contributed by atoms with Gasteiger partial charge in [0.25, 0.3) is 0 Å². The first-order valence-electron chi connectivity index (χ1n) is 4.31. The molecule has 2 atom stereocenters. The first kappa shape index (κ1) is 12.5. The van der Waals surface area contributed by atoms with Crippen LogP contribution in [0.4, 0.5) is 5.95 Å². The van der Waals surface area contributed by atoms with Gasteiger partial charge in [0.15, 0.2) is 0 Å². The van der Waals surface area contributed by atoms with Gasteiger partial charge < -0.3 is 15.9 Å². The smallest absolute Gasteiger partial charge is 0.221 e. The fourth-order valence-corrected chi connectivity index (χ4v) is 1.59. The lowest BCUT2D eigenvalue weighted by atomic mass is 10.1. The Bertz CT molecular complexity index is 340. The third-order valence-electron chi connectivity index (χ3n) is 1.89. The first-order chi connectivity index (χ1) is 7.06. The number of anilines is 1. The summed E-state index contributed by atoms with van der Waals surface area (Å²) >= 11 is 9.70. The molecule has 7 heteroatoms. The molecular weight excluding hydrogens is 238 g/mol. The van der Waals surface area contributed by atoms with Crippen molar-refractivity contribution in [3.8, 4) is 0 Å². The zero-order valence-corrected chi connectivity index (χ0v) is 9.49. The van der Waals surface area contributed by atoms with Crippen LogP contribution < -0.4 is 5.73 Å².